The summed E-state index contributed by atoms with van der Waals surface area (Å²) in [6.07, 6.45) is 8.51. The Kier molecular flexibility index (Phi) is 8.09. The van der Waals surface area contributed by atoms with Crippen molar-refractivity contribution in [1.82, 2.24) is 19.6 Å². The van der Waals surface area contributed by atoms with Crippen molar-refractivity contribution in [2.24, 2.45) is 11.8 Å². The van der Waals surface area contributed by atoms with Crippen LogP contribution in [0.5, 0.6) is 5.75 Å². The Labute approximate surface area is 204 Å². The maximum atomic E-state index is 13.6. The summed E-state index contributed by atoms with van der Waals surface area (Å²) in [6.45, 7) is 12.3. The first-order chi connectivity index (χ1) is 16.5. The monoisotopic (exact) mass is 464 g/mol. The van der Waals surface area contributed by atoms with E-state index in [4.69, 9.17) is 9.84 Å². The number of benzene rings is 1. The van der Waals surface area contributed by atoms with Crippen LogP contribution in [0, 0.1) is 11.8 Å². The van der Waals surface area contributed by atoms with E-state index in [2.05, 4.69) is 41.0 Å². The van der Waals surface area contributed by atoms with Crippen LogP contribution in [0.1, 0.15) is 62.9 Å². The Morgan fingerprint density at radius 1 is 1.26 bits per heavy atom. The molecule has 0 radical (unpaired) electrons. The zero-order chi connectivity index (χ0) is 24.1. The zero-order valence-electron chi connectivity index (χ0n) is 21.1. The van der Waals surface area contributed by atoms with Crippen LogP contribution in [-0.2, 0) is 24.3 Å². The minimum absolute atomic E-state index is 0.164. The second kappa shape index (κ2) is 11.2. The van der Waals surface area contributed by atoms with Gasteiger partial charge in [0, 0.05) is 44.1 Å². The Morgan fingerprint density at radius 2 is 2.03 bits per heavy atom. The molecule has 0 N–H and O–H groups in total. The highest BCUT2D eigenvalue weighted by Crippen LogP contribution is 2.31. The van der Waals surface area contributed by atoms with Gasteiger partial charge in [-0.1, -0.05) is 51.3 Å². The fourth-order valence-corrected chi connectivity index (χ4v) is 5.47. The van der Waals surface area contributed by atoms with Gasteiger partial charge in [0.15, 0.2) is 0 Å². The summed E-state index contributed by atoms with van der Waals surface area (Å²) in [5, 5.41) is 5.13. The molecule has 0 saturated heterocycles. The lowest BCUT2D eigenvalue weighted by molar-refractivity contribution is -0.137. The van der Waals surface area contributed by atoms with E-state index in [1.807, 2.05) is 24.3 Å². The lowest BCUT2D eigenvalue weighted by atomic mass is 9.88. The van der Waals surface area contributed by atoms with Gasteiger partial charge >= 0.3 is 0 Å². The van der Waals surface area contributed by atoms with Crippen molar-refractivity contribution in [3.63, 3.8) is 0 Å². The van der Waals surface area contributed by atoms with Crippen LogP contribution < -0.4 is 4.74 Å². The molecule has 6 nitrogen and oxygen atoms in total. The minimum Gasteiger partial charge on any atom is -0.494 e. The van der Waals surface area contributed by atoms with Gasteiger partial charge in [-0.3, -0.25) is 9.69 Å². The molecule has 2 aliphatic rings. The highest BCUT2D eigenvalue weighted by molar-refractivity contribution is 5.79. The van der Waals surface area contributed by atoms with Crippen molar-refractivity contribution in [3.8, 4) is 11.4 Å². The highest BCUT2D eigenvalue weighted by Gasteiger charge is 2.31. The second-order valence-corrected chi connectivity index (χ2v) is 10.2. The second-order valence-electron chi connectivity index (χ2n) is 10.2. The summed E-state index contributed by atoms with van der Waals surface area (Å²) >= 11 is 0. The number of carbonyl (C=O) groups is 1. The molecule has 1 saturated carbocycles. The van der Waals surface area contributed by atoms with Crippen molar-refractivity contribution >= 4 is 5.91 Å². The molecule has 1 amide bonds. The summed E-state index contributed by atoms with van der Waals surface area (Å²) in [5.41, 5.74) is 4.46. The van der Waals surface area contributed by atoms with E-state index in [9.17, 15) is 4.79 Å². The summed E-state index contributed by atoms with van der Waals surface area (Å²) in [4.78, 5) is 18.1. The Hall–Kier alpha value is -2.60. The molecule has 1 aromatic carbocycles. The van der Waals surface area contributed by atoms with Crippen molar-refractivity contribution in [2.75, 3.05) is 26.7 Å². The van der Waals surface area contributed by atoms with Crippen LogP contribution in [-0.4, -0.2) is 52.2 Å². The number of rotatable bonds is 9. The van der Waals surface area contributed by atoms with Crippen LogP contribution in [0.2, 0.25) is 0 Å². The normalized spacial score (nSPS) is 16.9. The van der Waals surface area contributed by atoms with Gasteiger partial charge in [0.2, 0.25) is 5.91 Å². The van der Waals surface area contributed by atoms with E-state index in [-0.39, 0.29) is 5.92 Å². The smallest absolute Gasteiger partial charge is 0.226 e. The fraction of sp³-hybridized carbons (Fsp3) is 0.571. The van der Waals surface area contributed by atoms with Crippen LogP contribution in [0.4, 0.5) is 0 Å². The fourth-order valence-electron chi connectivity index (χ4n) is 5.47. The molecule has 34 heavy (non-hydrogen) atoms. The summed E-state index contributed by atoms with van der Waals surface area (Å²) in [7, 11) is 1.70. The number of aromatic nitrogens is 2. The first-order valence-corrected chi connectivity index (χ1v) is 12.9. The first kappa shape index (κ1) is 24.5. The third kappa shape index (κ3) is 5.38. The van der Waals surface area contributed by atoms with Gasteiger partial charge in [-0.05, 0) is 30.9 Å². The number of amides is 1. The number of hydrogen-bond donors (Lipinski definition) is 0. The third-order valence-electron chi connectivity index (χ3n) is 7.11. The van der Waals surface area contributed by atoms with Gasteiger partial charge < -0.3 is 9.64 Å². The average Bonchev–Trinajstić information content (AvgIpc) is 3.21. The van der Waals surface area contributed by atoms with E-state index in [1.165, 1.54) is 30.5 Å². The van der Waals surface area contributed by atoms with Crippen molar-refractivity contribution in [1.29, 1.82) is 0 Å². The molecular weight excluding hydrogens is 424 g/mol. The number of nitrogens with zero attached hydrogens (tertiary/aromatic N) is 4. The maximum Gasteiger partial charge on any atom is 0.226 e. The summed E-state index contributed by atoms with van der Waals surface area (Å²) < 4.78 is 7.72. The largest absolute Gasteiger partial charge is 0.494 e. The number of para-hydroxylation sites is 2. The van der Waals surface area contributed by atoms with E-state index in [0.29, 0.717) is 18.4 Å². The summed E-state index contributed by atoms with van der Waals surface area (Å²) in [5.74, 6) is 1.70. The Bertz CT molecular complexity index is 990. The molecule has 0 atom stereocenters. The van der Waals surface area contributed by atoms with Crippen LogP contribution in [0.15, 0.2) is 36.9 Å². The minimum atomic E-state index is 0.164. The standard InChI is InChI=1S/C28H40N4O2/c1-5-16-30-17-15-25-23(19-30)24(29-32(25)26-13-9-10-14-27(26)34-4)20-31(18-21(2)3)28(33)22-11-7-6-8-12-22/h5,9-10,13-14,21-22H,1,6-8,11-12,15-20H2,2-4H3. The van der Waals surface area contributed by atoms with E-state index >= 15 is 0 Å². The lowest BCUT2D eigenvalue weighted by Gasteiger charge is -2.31. The van der Waals surface area contributed by atoms with Gasteiger partial charge in [0.05, 0.1) is 25.0 Å². The van der Waals surface area contributed by atoms with Crippen LogP contribution in [0.25, 0.3) is 5.69 Å². The van der Waals surface area contributed by atoms with E-state index in [0.717, 1.165) is 62.6 Å². The third-order valence-corrected chi connectivity index (χ3v) is 7.11. The molecule has 0 bridgehead atoms. The lowest BCUT2D eigenvalue weighted by Crippen LogP contribution is -2.39. The Balaban J connectivity index is 1.71. The molecule has 0 spiro atoms. The van der Waals surface area contributed by atoms with Gasteiger partial charge in [0.25, 0.3) is 0 Å². The first-order valence-electron chi connectivity index (χ1n) is 12.9. The number of methoxy groups -OCH3 is 1. The molecule has 0 unspecified atom stereocenters. The zero-order valence-corrected chi connectivity index (χ0v) is 21.1. The molecular formula is C28H40N4O2. The van der Waals surface area contributed by atoms with Gasteiger partial charge in [0.1, 0.15) is 11.4 Å². The molecule has 1 fully saturated rings. The quantitative estimate of drug-likeness (QED) is 0.491. The SMILES string of the molecule is C=CCN1CCc2c(c(CN(CC(C)C)C(=O)C3CCCCC3)nn2-c2ccccc2OC)C1. The highest BCUT2D eigenvalue weighted by atomic mass is 16.5. The molecule has 1 aliphatic carbocycles. The van der Waals surface area contributed by atoms with Crippen molar-refractivity contribution < 1.29 is 9.53 Å². The molecule has 6 heteroatoms. The average molecular weight is 465 g/mol. The van der Waals surface area contributed by atoms with Crippen molar-refractivity contribution in [2.45, 2.75) is 65.5 Å². The van der Waals surface area contributed by atoms with Crippen LogP contribution >= 0.6 is 0 Å². The number of hydrogen-bond acceptors (Lipinski definition) is 4. The number of fused-ring (bicyclic) bond motifs is 1. The number of ether oxygens (including phenoxy) is 1. The Morgan fingerprint density at radius 3 is 2.74 bits per heavy atom. The van der Waals surface area contributed by atoms with Crippen LogP contribution in [0.3, 0.4) is 0 Å². The van der Waals surface area contributed by atoms with Gasteiger partial charge in [-0.15, -0.1) is 6.58 Å². The number of carbonyl (C=O) groups excluding carboxylic acids is 1. The topological polar surface area (TPSA) is 50.6 Å². The molecule has 2 aromatic rings. The van der Waals surface area contributed by atoms with E-state index < -0.39 is 0 Å². The predicted molar refractivity (Wildman–Crippen MR) is 136 cm³/mol. The predicted octanol–water partition coefficient (Wildman–Crippen LogP) is 4.99. The van der Waals surface area contributed by atoms with Gasteiger partial charge in [-0.25, -0.2) is 4.68 Å². The van der Waals surface area contributed by atoms with E-state index in [1.54, 1.807) is 7.11 Å². The summed E-state index contributed by atoms with van der Waals surface area (Å²) in [6, 6.07) is 8.05. The molecule has 1 aliphatic heterocycles. The maximum absolute atomic E-state index is 13.6. The van der Waals surface area contributed by atoms with Gasteiger partial charge in [-0.2, -0.15) is 5.10 Å². The molecule has 2 heterocycles. The van der Waals surface area contributed by atoms with Crippen molar-refractivity contribution in [3.05, 3.63) is 53.9 Å². The molecule has 1 aromatic heterocycles. The molecule has 4 rings (SSSR count). The molecule has 184 valence electrons.